The highest BCUT2D eigenvalue weighted by atomic mass is 32.1. The monoisotopic (exact) mass is 381 g/mol. The minimum absolute atomic E-state index is 0.197. The molecule has 1 aromatic heterocycles. The molecule has 0 bridgehead atoms. The van der Waals surface area contributed by atoms with E-state index in [0.29, 0.717) is 17.2 Å². The first-order valence-electron chi connectivity index (χ1n) is 8.20. The second-order valence-electron chi connectivity index (χ2n) is 5.89. The van der Waals surface area contributed by atoms with Crippen LogP contribution in [0.15, 0.2) is 46.9 Å². The molecule has 2 aromatic carbocycles. The van der Waals surface area contributed by atoms with Crippen LogP contribution in [0.3, 0.4) is 0 Å². The van der Waals surface area contributed by atoms with Crippen LogP contribution in [0.2, 0.25) is 0 Å². The molecule has 9 heteroatoms. The van der Waals surface area contributed by atoms with Gasteiger partial charge in [0.05, 0.1) is 12.8 Å². The molecule has 0 saturated heterocycles. The van der Waals surface area contributed by atoms with Crippen molar-refractivity contribution in [1.82, 2.24) is 20.9 Å². The van der Waals surface area contributed by atoms with Gasteiger partial charge in [-0.2, -0.15) is 4.37 Å². The number of rotatable bonds is 4. The van der Waals surface area contributed by atoms with E-state index in [9.17, 15) is 0 Å². The summed E-state index contributed by atoms with van der Waals surface area (Å²) in [5, 5.41) is 6.15. The van der Waals surface area contributed by atoms with E-state index in [1.807, 2.05) is 29.6 Å². The van der Waals surface area contributed by atoms with Crippen LogP contribution >= 0.6 is 11.5 Å². The topological polar surface area (TPSA) is 89.0 Å². The summed E-state index contributed by atoms with van der Waals surface area (Å²) in [7, 11) is 1.62. The van der Waals surface area contributed by atoms with Crippen molar-refractivity contribution in [3.63, 3.8) is 0 Å². The van der Waals surface area contributed by atoms with Crippen molar-refractivity contribution in [3.05, 3.63) is 47.3 Å². The van der Waals surface area contributed by atoms with E-state index < -0.39 is 0 Å². The number of nitrogens with one attached hydrogen (secondary N) is 3. The van der Waals surface area contributed by atoms with Gasteiger partial charge in [-0.15, -0.1) is 10.6 Å². The summed E-state index contributed by atoms with van der Waals surface area (Å²) in [5.41, 5.74) is 13.2. The molecular weight excluding hydrogens is 366 g/mol. The van der Waals surface area contributed by atoms with Crippen molar-refractivity contribution >= 4 is 17.4 Å². The maximum absolute atomic E-state index is 5.54. The van der Waals surface area contributed by atoms with Gasteiger partial charge in [0.2, 0.25) is 12.5 Å². The summed E-state index contributed by atoms with van der Waals surface area (Å²) in [4.78, 5) is 0. The van der Waals surface area contributed by atoms with Crippen molar-refractivity contribution in [2.45, 2.75) is 0 Å². The molecule has 0 saturated carbocycles. The zero-order valence-corrected chi connectivity index (χ0v) is 15.1. The zero-order valence-electron chi connectivity index (χ0n) is 14.3. The molecule has 0 atom stereocenters. The fourth-order valence-corrected chi connectivity index (χ4v) is 3.77. The van der Waals surface area contributed by atoms with E-state index >= 15 is 0 Å². The molecule has 0 fully saturated rings. The zero-order chi connectivity index (χ0) is 18.2. The minimum Gasteiger partial charge on any atom is -0.493 e. The quantitative estimate of drug-likeness (QED) is 0.640. The van der Waals surface area contributed by atoms with Crippen molar-refractivity contribution < 1.29 is 14.2 Å². The van der Waals surface area contributed by atoms with Gasteiger partial charge in [-0.3, -0.25) is 5.43 Å². The van der Waals surface area contributed by atoms with E-state index in [2.05, 4.69) is 38.1 Å². The predicted molar refractivity (Wildman–Crippen MR) is 102 cm³/mol. The normalized spacial score (nSPS) is 14.5. The third kappa shape index (κ3) is 2.73. The Hall–Kier alpha value is -3.30. The lowest BCUT2D eigenvalue weighted by molar-refractivity contribution is 0.171. The summed E-state index contributed by atoms with van der Waals surface area (Å²) in [6, 6.07) is 12.0. The SMILES string of the molecule is COc1cc(-c2nscc2-c2ccc(C3=NNNN3)cc2)cc2c1OCO2. The van der Waals surface area contributed by atoms with Gasteiger partial charge in [0.15, 0.2) is 17.3 Å². The number of amidine groups is 1. The highest BCUT2D eigenvalue weighted by molar-refractivity contribution is 7.04. The molecule has 0 aliphatic carbocycles. The van der Waals surface area contributed by atoms with Crippen molar-refractivity contribution in [3.8, 4) is 39.6 Å². The van der Waals surface area contributed by atoms with Gasteiger partial charge in [0, 0.05) is 22.1 Å². The highest BCUT2D eigenvalue weighted by Crippen LogP contribution is 2.45. The molecule has 0 amide bonds. The van der Waals surface area contributed by atoms with Gasteiger partial charge in [-0.25, -0.2) is 5.53 Å². The van der Waals surface area contributed by atoms with E-state index in [1.165, 1.54) is 11.5 Å². The number of benzene rings is 2. The smallest absolute Gasteiger partial charge is 0.231 e. The van der Waals surface area contributed by atoms with E-state index in [-0.39, 0.29) is 6.79 Å². The van der Waals surface area contributed by atoms with E-state index in [1.54, 1.807) is 7.11 Å². The van der Waals surface area contributed by atoms with Crippen molar-refractivity contribution in [2.24, 2.45) is 5.10 Å². The number of methoxy groups -OCH3 is 1. The number of hydrazone groups is 1. The Kier molecular flexibility index (Phi) is 3.80. The molecule has 0 spiro atoms. The molecular formula is C18H15N5O3S. The average molecular weight is 381 g/mol. The van der Waals surface area contributed by atoms with E-state index in [0.717, 1.165) is 33.8 Å². The first-order valence-corrected chi connectivity index (χ1v) is 9.04. The Morgan fingerprint density at radius 1 is 1.07 bits per heavy atom. The summed E-state index contributed by atoms with van der Waals surface area (Å²) in [6.45, 7) is 0.197. The number of aromatic nitrogens is 1. The van der Waals surface area contributed by atoms with Gasteiger partial charge in [-0.1, -0.05) is 24.3 Å². The number of nitrogens with zero attached hydrogens (tertiary/aromatic N) is 2. The van der Waals surface area contributed by atoms with Crippen molar-refractivity contribution in [2.75, 3.05) is 13.9 Å². The second kappa shape index (κ2) is 6.45. The van der Waals surface area contributed by atoms with Crippen molar-refractivity contribution in [1.29, 1.82) is 0 Å². The van der Waals surface area contributed by atoms with Crippen LogP contribution in [0, 0.1) is 0 Å². The highest BCUT2D eigenvalue weighted by Gasteiger charge is 2.22. The van der Waals surface area contributed by atoms with Crippen LogP contribution in [0.1, 0.15) is 5.56 Å². The fraction of sp³-hybridized carbons (Fsp3) is 0.111. The van der Waals surface area contributed by atoms with Crippen LogP contribution in [0.25, 0.3) is 22.4 Å². The third-order valence-electron chi connectivity index (χ3n) is 4.38. The van der Waals surface area contributed by atoms with Gasteiger partial charge in [0.25, 0.3) is 0 Å². The van der Waals surface area contributed by atoms with E-state index in [4.69, 9.17) is 14.2 Å². The summed E-state index contributed by atoms with van der Waals surface area (Å²) in [6.07, 6.45) is 0. The maximum atomic E-state index is 5.54. The molecule has 3 heterocycles. The maximum Gasteiger partial charge on any atom is 0.231 e. The Morgan fingerprint density at radius 3 is 2.70 bits per heavy atom. The summed E-state index contributed by atoms with van der Waals surface area (Å²) < 4.78 is 21.1. The minimum atomic E-state index is 0.197. The molecule has 0 unspecified atom stereocenters. The molecule has 5 rings (SSSR count). The first kappa shape index (κ1) is 15.9. The van der Waals surface area contributed by atoms with Gasteiger partial charge in [0.1, 0.15) is 0 Å². The molecule has 3 aromatic rings. The lowest BCUT2D eigenvalue weighted by Gasteiger charge is -2.09. The Labute approximate surface area is 158 Å². The summed E-state index contributed by atoms with van der Waals surface area (Å²) in [5.74, 6) is 2.68. The fourth-order valence-electron chi connectivity index (χ4n) is 3.06. The molecule has 0 radical (unpaired) electrons. The Morgan fingerprint density at radius 2 is 1.93 bits per heavy atom. The Bertz CT molecular complexity index is 1030. The number of hydrogen-bond donors (Lipinski definition) is 3. The van der Waals surface area contributed by atoms with Gasteiger partial charge < -0.3 is 14.2 Å². The molecule has 27 heavy (non-hydrogen) atoms. The number of ether oxygens (including phenoxy) is 3. The van der Waals surface area contributed by atoms with Crippen LogP contribution in [0.4, 0.5) is 0 Å². The van der Waals surface area contributed by atoms with Gasteiger partial charge >= 0.3 is 0 Å². The molecule has 8 nitrogen and oxygen atoms in total. The average Bonchev–Trinajstić information content (AvgIpc) is 3.48. The van der Waals surface area contributed by atoms with Crippen LogP contribution < -0.4 is 30.7 Å². The summed E-state index contributed by atoms with van der Waals surface area (Å²) >= 11 is 1.41. The molecule has 2 aliphatic rings. The number of hydrogen-bond acceptors (Lipinski definition) is 9. The third-order valence-corrected chi connectivity index (χ3v) is 5.00. The molecule has 136 valence electrons. The van der Waals surface area contributed by atoms with Crippen LogP contribution in [-0.4, -0.2) is 24.1 Å². The van der Waals surface area contributed by atoms with Crippen LogP contribution in [0.5, 0.6) is 17.2 Å². The standard InChI is InChI=1S/C18H15N5O3S/c1-24-14-6-12(7-15-17(14)26-9-25-15)16-13(8-27-21-16)10-2-4-11(5-3-10)18-19-22-23-20-18/h2-8,22-23H,9H2,1H3,(H,19,20). The van der Waals surface area contributed by atoms with Gasteiger partial charge in [-0.05, 0) is 29.2 Å². The first-order chi connectivity index (χ1) is 13.3. The van der Waals surface area contributed by atoms with Crippen LogP contribution in [-0.2, 0) is 0 Å². The second-order valence-corrected chi connectivity index (χ2v) is 6.52. The number of fused-ring (bicyclic) bond motifs is 1. The molecule has 3 N–H and O–H groups in total. The Balaban J connectivity index is 1.53. The largest absolute Gasteiger partial charge is 0.493 e. The lowest BCUT2D eigenvalue weighted by Crippen LogP contribution is -2.35. The lowest BCUT2D eigenvalue weighted by atomic mass is 10.00. The molecule has 2 aliphatic heterocycles. The number of hydrazine groups is 2. The predicted octanol–water partition coefficient (Wildman–Crippen LogP) is 2.49.